The van der Waals surface area contributed by atoms with Crippen molar-refractivity contribution in [1.29, 1.82) is 0 Å². The van der Waals surface area contributed by atoms with Crippen LogP contribution in [-0.4, -0.2) is 4.98 Å². The highest BCUT2D eigenvalue weighted by molar-refractivity contribution is 5.78. The van der Waals surface area contributed by atoms with Crippen LogP contribution in [0.3, 0.4) is 0 Å². The van der Waals surface area contributed by atoms with Crippen LogP contribution < -0.4 is 0 Å². The molecule has 0 N–H and O–H groups in total. The van der Waals surface area contributed by atoms with Crippen LogP contribution in [0.25, 0.3) is 22.3 Å². The van der Waals surface area contributed by atoms with Crippen molar-refractivity contribution in [3.05, 3.63) is 78.4 Å². The van der Waals surface area contributed by atoms with Crippen molar-refractivity contribution in [1.82, 2.24) is 4.98 Å². The topological polar surface area (TPSA) is 12.9 Å². The molecule has 1 heterocycles. The van der Waals surface area contributed by atoms with Crippen LogP contribution in [0.4, 0.5) is 0 Å². The zero-order chi connectivity index (χ0) is 25.2. The Kier molecular flexibility index (Phi) is 1.67. The molecule has 0 atom stereocenters. The predicted octanol–water partition coefficient (Wildman–Crippen LogP) is 5.71. The number of nitrogens with zero attached hydrogens (tertiary/aromatic N) is 1. The molecular formula is C21H21N. The van der Waals surface area contributed by atoms with E-state index in [4.69, 9.17) is 15.1 Å². The van der Waals surface area contributed by atoms with E-state index in [0.717, 1.165) is 0 Å². The Labute approximate surface area is 148 Å². The molecule has 0 saturated heterocycles. The van der Waals surface area contributed by atoms with Gasteiger partial charge in [-0.3, -0.25) is 4.98 Å². The fraction of sp³-hybridized carbons (Fsp3) is 0.190. The molecule has 1 aromatic heterocycles. The van der Waals surface area contributed by atoms with Crippen LogP contribution >= 0.6 is 0 Å². The average Bonchev–Trinajstić information content (AvgIpc) is 2.72. The third-order valence-corrected chi connectivity index (χ3v) is 3.15. The summed E-state index contributed by atoms with van der Waals surface area (Å²) in [7, 11) is 0. The minimum Gasteiger partial charge on any atom is -0.263 e. The van der Waals surface area contributed by atoms with Gasteiger partial charge in [-0.2, -0.15) is 0 Å². The molecule has 1 heteroatoms. The molecule has 0 amide bonds. The number of benzene rings is 2. The highest BCUT2D eigenvalue weighted by atomic mass is 14.6. The summed E-state index contributed by atoms with van der Waals surface area (Å²) in [5, 5.41) is 0. The molecule has 3 rings (SSSR count). The highest BCUT2D eigenvalue weighted by Gasteiger charge is 2.23. The summed E-state index contributed by atoms with van der Waals surface area (Å²) in [4.78, 5) is 3.93. The summed E-state index contributed by atoms with van der Waals surface area (Å²) in [5.74, 6) is 0. The molecule has 0 bridgehead atoms. The molecule has 2 aromatic carbocycles. The van der Waals surface area contributed by atoms with E-state index in [0.29, 0.717) is 0 Å². The largest absolute Gasteiger partial charge is 0.263 e. The first-order valence-electron chi connectivity index (χ1n) is 12.3. The Balaban J connectivity index is 2.63. The first kappa shape index (κ1) is 6.37. The average molecular weight is 298 g/mol. The Bertz CT molecular complexity index is 1280. The van der Waals surface area contributed by atoms with Gasteiger partial charge in [-0.25, -0.2) is 0 Å². The molecule has 3 aromatic rings. The Morgan fingerprint density at radius 3 is 1.95 bits per heavy atom. The number of rotatable bonds is 2. The third kappa shape index (κ3) is 2.80. The normalized spacial score (nSPS) is 18.4. The van der Waals surface area contributed by atoms with Crippen molar-refractivity contribution in [2.24, 2.45) is 0 Å². The molecule has 0 aliphatic carbocycles. The van der Waals surface area contributed by atoms with E-state index in [9.17, 15) is 0 Å². The van der Waals surface area contributed by atoms with E-state index in [1.807, 2.05) is 0 Å². The highest BCUT2D eigenvalue weighted by Crippen LogP contribution is 2.39. The van der Waals surface area contributed by atoms with Gasteiger partial charge in [0.25, 0.3) is 0 Å². The van der Waals surface area contributed by atoms with Crippen LogP contribution in [0.15, 0.2) is 72.8 Å². The summed E-state index contributed by atoms with van der Waals surface area (Å²) in [6.07, 6.45) is -0.876. The third-order valence-electron chi connectivity index (χ3n) is 3.15. The van der Waals surface area contributed by atoms with Crippen molar-refractivity contribution in [3.63, 3.8) is 0 Å². The molecule has 0 aliphatic rings. The number of aromatic nitrogens is 1. The predicted molar refractivity (Wildman–Crippen MR) is 93.8 cm³/mol. The fourth-order valence-corrected chi connectivity index (χ4v) is 2.29. The maximum absolute atomic E-state index is 8.47. The lowest BCUT2D eigenvalue weighted by molar-refractivity contribution is 0.593. The lowest BCUT2D eigenvalue weighted by Gasteiger charge is -2.26. The minimum atomic E-state index is -0.863. The van der Waals surface area contributed by atoms with Crippen LogP contribution in [0.5, 0.6) is 0 Å². The van der Waals surface area contributed by atoms with Gasteiger partial charge in [-0.15, -0.1) is 0 Å². The molecular weight excluding hydrogens is 266 g/mol. The molecule has 110 valence electrons. The van der Waals surface area contributed by atoms with Crippen molar-refractivity contribution < 1.29 is 15.1 Å². The smallest absolute Gasteiger partial charge is 0.0847 e. The molecule has 22 heavy (non-hydrogen) atoms. The molecule has 1 nitrogen and oxygen atoms in total. The summed E-state index contributed by atoms with van der Waals surface area (Å²) >= 11 is 0. The SMILES string of the molecule is [2H]c1cc(-c2c([2H])nc([2H])c(-c3c([2H])c([2H])c([2H])c([2H])c3[2H])c2C(C)(C)C)c([2H])c([2H])c1[2H]. The second-order valence-corrected chi connectivity index (χ2v) is 5.79. The summed E-state index contributed by atoms with van der Waals surface area (Å²) in [5.41, 5.74) is -0.942. The second-order valence-electron chi connectivity index (χ2n) is 5.79. The van der Waals surface area contributed by atoms with Gasteiger partial charge < -0.3 is 0 Å². The van der Waals surface area contributed by atoms with E-state index in [-0.39, 0.29) is 33.9 Å². The van der Waals surface area contributed by atoms with Gasteiger partial charge >= 0.3 is 0 Å². The maximum Gasteiger partial charge on any atom is 0.0847 e. The maximum atomic E-state index is 8.47. The van der Waals surface area contributed by atoms with E-state index in [1.165, 1.54) is 6.07 Å². The molecule has 0 saturated carbocycles. The minimum absolute atomic E-state index is 0.0166. The van der Waals surface area contributed by atoms with Crippen molar-refractivity contribution >= 4 is 0 Å². The summed E-state index contributed by atoms with van der Waals surface area (Å²) < 4.78 is 89.9. The second kappa shape index (κ2) is 5.76. The van der Waals surface area contributed by atoms with Gasteiger partial charge in [-0.05, 0) is 22.1 Å². The van der Waals surface area contributed by atoms with Crippen molar-refractivity contribution in [2.75, 3.05) is 0 Å². The fourth-order valence-electron chi connectivity index (χ4n) is 2.29. The Morgan fingerprint density at radius 1 is 0.773 bits per heavy atom. The van der Waals surface area contributed by atoms with Gasteiger partial charge in [0.05, 0.1) is 15.1 Å². The number of pyridine rings is 1. The van der Waals surface area contributed by atoms with Gasteiger partial charge in [-0.1, -0.05) is 81.2 Å². The first-order chi connectivity index (χ1) is 15.1. The monoisotopic (exact) mass is 298 g/mol. The number of hydrogen-bond acceptors (Lipinski definition) is 1. The van der Waals surface area contributed by atoms with Crippen molar-refractivity contribution in [3.8, 4) is 22.3 Å². The number of hydrogen-bond donors (Lipinski definition) is 0. The van der Waals surface area contributed by atoms with E-state index < -0.39 is 66.1 Å². The van der Waals surface area contributed by atoms with E-state index in [1.54, 1.807) is 20.8 Å². The Hall–Kier alpha value is -2.41. The van der Waals surface area contributed by atoms with Gasteiger partial charge in [0.1, 0.15) is 0 Å². The Morgan fingerprint density at radius 2 is 1.32 bits per heavy atom. The molecule has 0 spiro atoms. The lowest BCUT2D eigenvalue weighted by atomic mass is 9.78. The quantitative estimate of drug-likeness (QED) is 0.590. The lowest BCUT2D eigenvalue weighted by Crippen LogP contribution is -2.15. The molecule has 0 radical (unpaired) electrons. The van der Waals surface area contributed by atoms with E-state index in [2.05, 4.69) is 4.98 Å². The van der Waals surface area contributed by atoms with Gasteiger partial charge in [0, 0.05) is 23.5 Å². The van der Waals surface area contributed by atoms with Crippen LogP contribution in [0, 0.1) is 0 Å². The summed E-state index contributed by atoms with van der Waals surface area (Å²) in [6.45, 7) is 5.24. The zero-order valence-corrected chi connectivity index (χ0v) is 12.5. The molecule has 0 unspecified atom stereocenters. The van der Waals surface area contributed by atoms with Crippen LogP contribution in [0.2, 0.25) is 0 Å². The standard InChI is InChI=1S/C21H21N/c1-21(2,3)20-18(16-10-6-4-7-11-16)14-22-15-19(20)17-12-8-5-9-13-17/h4-15H,1-3H3/i4D,5D,6D,7D,8D,9D,10D,11D,12D,14D,15D. The molecule has 0 aliphatic heterocycles. The summed E-state index contributed by atoms with van der Waals surface area (Å²) in [6, 6.07) is -3.29. The van der Waals surface area contributed by atoms with Crippen molar-refractivity contribution in [2.45, 2.75) is 26.2 Å². The van der Waals surface area contributed by atoms with Gasteiger partial charge in [0.15, 0.2) is 0 Å². The van der Waals surface area contributed by atoms with Crippen LogP contribution in [-0.2, 0) is 5.41 Å². The first-order valence-corrected chi connectivity index (χ1v) is 6.77. The molecule has 0 fully saturated rings. The van der Waals surface area contributed by atoms with Crippen LogP contribution in [0.1, 0.15) is 41.4 Å². The van der Waals surface area contributed by atoms with E-state index >= 15 is 0 Å². The van der Waals surface area contributed by atoms with Gasteiger partial charge in [0.2, 0.25) is 0 Å². The zero-order valence-electron chi connectivity index (χ0n) is 23.5.